The van der Waals surface area contributed by atoms with Gasteiger partial charge in [0.05, 0.1) is 25.4 Å². The van der Waals surface area contributed by atoms with E-state index < -0.39 is 0 Å². The topological polar surface area (TPSA) is 72.5 Å². The number of fused-ring (bicyclic) bond motifs is 1. The molecule has 0 aliphatic heterocycles. The Kier molecular flexibility index (Phi) is 4.70. The van der Waals surface area contributed by atoms with Crippen molar-refractivity contribution in [3.05, 3.63) is 54.2 Å². The molecule has 1 aromatic heterocycles. The van der Waals surface area contributed by atoms with Crippen molar-refractivity contribution >= 4 is 28.3 Å². The van der Waals surface area contributed by atoms with Crippen LogP contribution in [-0.2, 0) is 0 Å². The zero-order chi connectivity index (χ0) is 17.8. The number of methoxy groups -OCH3 is 2. The van der Waals surface area contributed by atoms with Gasteiger partial charge in [0.25, 0.3) is 0 Å². The van der Waals surface area contributed by atoms with Crippen LogP contribution in [0.15, 0.2) is 48.5 Å². The Hall–Kier alpha value is -3.28. The summed E-state index contributed by atoms with van der Waals surface area (Å²) < 4.78 is 10.4. The number of benzene rings is 2. The Balaban J connectivity index is 1.82. The predicted molar refractivity (Wildman–Crippen MR) is 98.7 cm³/mol. The number of nitrogens with one attached hydrogen (secondary N) is 2. The molecule has 0 unspecified atom stereocenters. The molecule has 25 heavy (non-hydrogen) atoms. The van der Waals surface area contributed by atoms with Gasteiger partial charge in [-0.15, -0.1) is 0 Å². The minimum Gasteiger partial charge on any atom is -0.493 e. The molecule has 0 aliphatic rings. The van der Waals surface area contributed by atoms with Crippen LogP contribution >= 0.6 is 0 Å². The lowest BCUT2D eigenvalue weighted by molar-refractivity contribution is 0.262. The van der Waals surface area contributed by atoms with Crippen molar-refractivity contribution in [3.8, 4) is 11.5 Å². The highest BCUT2D eigenvalue weighted by Crippen LogP contribution is 2.30. The second-order valence-corrected chi connectivity index (χ2v) is 5.48. The van der Waals surface area contributed by atoms with Crippen LogP contribution in [0.1, 0.15) is 5.69 Å². The van der Waals surface area contributed by atoms with Crippen LogP contribution < -0.4 is 20.1 Å². The first-order valence-electron chi connectivity index (χ1n) is 7.77. The quantitative estimate of drug-likeness (QED) is 0.748. The highest BCUT2D eigenvalue weighted by molar-refractivity contribution is 6.05. The molecule has 0 fully saturated rings. The minimum atomic E-state index is -0.344. The molecule has 0 radical (unpaired) electrons. The fourth-order valence-electron chi connectivity index (χ4n) is 2.61. The zero-order valence-corrected chi connectivity index (χ0v) is 14.3. The van der Waals surface area contributed by atoms with E-state index in [9.17, 15) is 4.79 Å². The number of hydrogen-bond acceptors (Lipinski definition) is 4. The van der Waals surface area contributed by atoms with Crippen LogP contribution in [0.3, 0.4) is 0 Å². The van der Waals surface area contributed by atoms with Gasteiger partial charge in [0.2, 0.25) is 0 Å². The normalized spacial score (nSPS) is 10.4. The van der Waals surface area contributed by atoms with Crippen molar-refractivity contribution < 1.29 is 14.3 Å². The second-order valence-electron chi connectivity index (χ2n) is 5.48. The van der Waals surface area contributed by atoms with Gasteiger partial charge >= 0.3 is 6.03 Å². The molecule has 0 atom stereocenters. The first-order valence-corrected chi connectivity index (χ1v) is 7.77. The molecule has 0 aliphatic carbocycles. The Bertz CT molecular complexity index is 925. The number of anilines is 2. The average molecular weight is 337 g/mol. The molecule has 2 amide bonds. The lowest BCUT2D eigenvalue weighted by Crippen LogP contribution is -2.19. The van der Waals surface area contributed by atoms with Gasteiger partial charge in [-0.05, 0) is 31.2 Å². The fourth-order valence-corrected chi connectivity index (χ4v) is 2.61. The van der Waals surface area contributed by atoms with Gasteiger partial charge < -0.3 is 20.1 Å². The largest absolute Gasteiger partial charge is 0.493 e. The number of nitrogens with zero attached hydrogens (tertiary/aromatic N) is 1. The standard InChI is InChI=1S/C19H19N3O3/c1-12-10-16(14-6-4-5-7-15(14)20-12)22-19(23)21-13-8-9-17(24-2)18(11-13)25-3/h4-11H,1-3H3,(H2,20,21,22,23). The van der Waals surface area contributed by atoms with E-state index in [1.165, 1.54) is 0 Å². The molecule has 2 N–H and O–H groups in total. The van der Waals surface area contributed by atoms with Gasteiger partial charge in [-0.3, -0.25) is 4.98 Å². The molecule has 6 nitrogen and oxygen atoms in total. The Morgan fingerprint density at radius 3 is 2.48 bits per heavy atom. The summed E-state index contributed by atoms with van der Waals surface area (Å²) in [7, 11) is 3.11. The Morgan fingerprint density at radius 2 is 1.72 bits per heavy atom. The number of amides is 2. The molecule has 6 heteroatoms. The van der Waals surface area contributed by atoms with Gasteiger partial charge in [-0.2, -0.15) is 0 Å². The van der Waals surface area contributed by atoms with Crippen molar-refractivity contribution in [2.75, 3.05) is 24.9 Å². The number of urea groups is 1. The third-order valence-corrected chi connectivity index (χ3v) is 3.73. The minimum absolute atomic E-state index is 0.344. The molecule has 2 aromatic carbocycles. The first-order chi connectivity index (χ1) is 12.1. The molecular formula is C19H19N3O3. The van der Waals surface area contributed by atoms with E-state index in [2.05, 4.69) is 15.6 Å². The number of rotatable bonds is 4. The average Bonchev–Trinajstić information content (AvgIpc) is 2.61. The fraction of sp³-hybridized carbons (Fsp3) is 0.158. The first kappa shape index (κ1) is 16.6. The van der Waals surface area contributed by atoms with E-state index >= 15 is 0 Å². The van der Waals surface area contributed by atoms with Gasteiger partial charge in [0, 0.05) is 22.8 Å². The summed E-state index contributed by atoms with van der Waals surface area (Å²) >= 11 is 0. The monoisotopic (exact) mass is 337 g/mol. The summed E-state index contributed by atoms with van der Waals surface area (Å²) in [6.07, 6.45) is 0. The summed E-state index contributed by atoms with van der Waals surface area (Å²) in [6.45, 7) is 1.89. The van der Waals surface area contributed by atoms with Crippen LogP contribution in [0, 0.1) is 6.92 Å². The smallest absolute Gasteiger partial charge is 0.323 e. The summed E-state index contributed by atoms with van der Waals surface area (Å²) in [6, 6.07) is 14.4. The number of pyridine rings is 1. The summed E-state index contributed by atoms with van der Waals surface area (Å²) in [4.78, 5) is 16.8. The maximum atomic E-state index is 12.4. The number of hydrogen-bond donors (Lipinski definition) is 2. The third-order valence-electron chi connectivity index (χ3n) is 3.73. The maximum Gasteiger partial charge on any atom is 0.323 e. The lowest BCUT2D eigenvalue weighted by Gasteiger charge is -2.13. The number of aromatic nitrogens is 1. The van der Waals surface area contributed by atoms with E-state index in [0.717, 1.165) is 16.6 Å². The molecule has 3 rings (SSSR count). The summed E-state index contributed by atoms with van der Waals surface area (Å²) in [5.41, 5.74) is 2.98. The van der Waals surface area contributed by atoms with Gasteiger partial charge in [0.1, 0.15) is 0 Å². The maximum absolute atomic E-state index is 12.4. The molecular weight excluding hydrogens is 318 g/mol. The number of aryl methyl sites for hydroxylation is 1. The van der Waals surface area contributed by atoms with E-state index in [1.807, 2.05) is 37.3 Å². The van der Waals surface area contributed by atoms with E-state index in [1.54, 1.807) is 32.4 Å². The summed E-state index contributed by atoms with van der Waals surface area (Å²) in [5.74, 6) is 1.15. The molecule has 1 heterocycles. The zero-order valence-electron chi connectivity index (χ0n) is 14.3. The van der Waals surface area contributed by atoms with Gasteiger partial charge in [0.15, 0.2) is 11.5 Å². The van der Waals surface area contributed by atoms with Crippen molar-refractivity contribution in [2.45, 2.75) is 6.92 Å². The van der Waals surface area contributed by atoms with Crippen molar-refractivity contribution in [1.29, 1.82) is 0 Å². The van der Waals surface area contributed by atoms with Crippen LogP contribution in [0.5, 0.6) is 11.5 Å². The predicted octanol–water partition coefficient (Wildman–Crippen LogP) is 4.20. The van der Waals surface area contributed by atoms with Gasteiger partial charge in [-0.25, -0.2) is 4.79 Å². The van der Waals surface area contributed by atoms with E-state index in [-0.39, 0.29) is 6.03 Å². The highest BCUT2D eigenvalue weighted by atomic mass is 16.5. The number of para-hydroxylation sites is 1. The van der Waals surface area contributed by atoms with Crippen LogP contribution in [0.4, 0.5) is 16.2 Å². The molecule has 128 valence electrons. The third kappa shape index (κ3) is 3.63. The van der Waals surface area contributed by atoms with Gasteiger partial charge in [-0.1, -0.05) is 18.2 Å². The molecule has 0 saturated heterocycles. The second kappa shape index (κ2) is 7.09. The molecule has 0 spiro atoms. The molecule has 3 aromatic rings. The molecule has 0 bridgehead atoms. The van der Waals surface area contributed by atoms with E-state index in [0.29, 0.717) is 22.9 Å². The van der Waals surface area contributed by atoms with Crippen molar-refractivity contribution in [3.63, 3.8) is 0 Å². The van der Waals surface area contributed by atoms with Crippen LogP contribution in [0.25, 0.3) is 10.9 Å². The SMILES string of the molecule is COc1ccc(NC(=O)Nc2cc(C)nc3ccccc23)cc1OC. The Labute approximate surface area is 145 Å². The number of carbonyl (C=O) groups is 1. The number of carbonyl (C=O) groups excluding carboxylic acids is 1. The summed E-state index contributed by atoms with van der Waals surface area (Å²) in [5, 5.41) is 6.56. The highest BCUT2D eigenvalue weighted by Gasteiger charge is 2.10. The van der Waals surface area contributed by atoms with E-state index in [4.69, 9.17) is 9.47 Å². The Morgan fingerprint density at radius 1 is 0.960 bits per heavy atom. The lowest BCUT2D eigenvalue weighted by atomic mass is 10.1. The number of ether oxygens (including phenoxy) is 2. The van der Waals surface area contributed by atoms with Crippen LogP contribution in [0.2, 0.25) is 0 Å². The van der Waals surface area contributed by atoms with Crippen molar-refractivity contribution in [1.82, 2.24) is 4.98 Å². The van der Waals surface area contributed by atoms with Crippen LogP contribution in [-0.4, -0.2) is 25.2 Å². The van der Waals surface area contributed by atoms with Crippen molar-refractivity contribution in [2.24, 2.45) is 0 Å². The molecule has 0 saturated carbocycles.